The molecule has 1 fully saturated rings. The zero-order valence-corrected chi connectivity index (χ0v) is 7.37. The molecule has 0 amide bonds. The van der Waals surface area contributed by atoms with Crippen LogP contribution in [0.25, 0.3) is 0 Å². The second-order valence-electron chi connectivity index (χ2n) is 3.27. The van der Waals surface area contributed by atoms with Crippen molar-refractivity contribution in [3.63, 3.8) is 0 Å². The molecule has 0 saturated carbocycles. The van der Waals surface area contributed by atoms with Gasteiger partial charge in [0.25, 0.3) is 0 Å². The van der Waals surface area contributed by atoms with Gasteiger partial charge in [0, 0.05) is 24.8 Å². The van der Waals surface area contributed by atoms with Gasteiger partial charge in [0.05, 0.1) is 0 Å². The van der Waals surface area contributed by atoms with Crippen molar-refractivity contribution in [2.75, 3.05) is 13.2 Å². The van der Waals surface area contributed by atoms with Gasteiger partial charge < -0.3 is 4.74 Å². The molecule has 2 rings (SSSR count). The van der Waals surface area contributed by atoms with Gasteiger partial charge in [0.2, 0.25) is 5.95 Å². The summed E-state index contributed by atoms with van der Waals surface area (Å²) in [7, 11) is 0. The molecule has 13 heavy (non-hydrogen) atoms. The Bertz CT molecular complexity index is 284. The van der Waals surface area contributed by atoms with Gasteiger partial charge in [0.15, 0.2) is 0 Å². The molecule has 2 heterocycles. The van der Waals surface area contributed by atoms with Crippen molar-refractivity contribution >= 4 is 0 Å². The minimum absolute atomic E-state index is 0.379. The fraction of sp³-hybridized carbons (Fsp3) is 0.500. The van der Waals surface area contributed by atoms with E-state index in [2.05, 4.69) is 4.98 Å². The van der Waals surface area contributed by atoms with E-state index in [1.54, 1.807) is 6.07 Å². The Balaban J connectivity index is 2.14. The third-order valence-corrected chi connectivity index (χ3v) is 2.38. The van der Waals surface area contributed by atoms with E-state index in [1.807, 2.05) is 6.07 Å². The lowest BCUT2D eigenvalue weighted by atomic mass is 9.96. The quantitative estimate of drug-likeness (QED) is 0.619. The highest BCUT2D eigenvalue weighted by Gasteiger charge is 2.16. The maximum Gasteiger partial charge on any atom is 0.213 e. The molecule has 0 spiro atoms. The first kappa shape index (κ1) is 8.63. The Labute approximate surface area is 76.7 Å². The van der Waals surface area contributed by atoms with Gasteiger partial charge in [-0.1, -0.05) is 6.07 Å². The number of pyridine rings is 1. The highest BCUT2D eigenvalue weighted by Crippen LogP contribution is 2.24. The molecule has 0 aromatic carbocycles. The molecular formula is C10H12FNO. The summed E-state index contributed by atoms with van der Waals surface area (Å²) in [5.41, 5.74) is 0.864. The number of ether oxygens (including phenoxy) is 1. The fourth-order valence-corrected chi connectivity index (χ4v) is 1.64. The van der Waals surface area contributed by atoms with E-state index >= 15 is 0 Å². The standard InChI is InChI=1S/C10H12FNO/c11-10-3-1-2-9(12-10)8-4-6-13-7-5-8/h1-3,8H,4-7H2. The Hall–Kier alpha value is -0.960. The second kappa shape index (κ2) is 3.83. The molecule has 1 aliphatic heterocycles. The van der Waals surface area contributed by atoms with Gasteiger partial charge in [-0.3, -0.25) is 0 Å². The average Bonchev–Trinajstić information content (AvgIpc) is 2.19. The van der Waals surface area contributed by atoms with Gasteiger partial charge in [-0.15, -0.1) is 0 Å². The minimum atomic E-state index is -0.385. The van der Waals surface area contributed by atoms with Gasteiger partial charge in [-0.25, -0.2) is 4.98 Å². The molecule has 0 atom stereocenters. The number of aromatic nitrogens is 1. The van der Waals surface area contributed by atoms with Crippen molar-refractivity contribution in [1.82, 2.24) is 4.98 Å². The van der Waals surface area contributed by atoms with Crippen LogP contribution >= 0.6 is 0 Å². The summed E-state index contributed by atoms with van der Waals surface area (Å²) in [5.74, 6) is -0.00607. The summed E-state index contributed by atoms with van der Waals surface area (Å²) < 4.78 is 18.0. The normalized spacial score (nSPS) is 18.8. The first-order valence-electron chi connectivity index (χ1n) is 4.56. The van der Waals surface area contributed by atoms with Crippen LogP contribution in [0, 0.1) is 5.95 Å². The van der Waals surface area contributed by atoms with E-state index in [0.717, 1.165) is 31.7 Å². The zero-order valence-electron chi connectivity index (χ0n) is 7.37. The summed E-state index contributed by atoms with van der Waals surface area (Å²) in [5, 5.41) is 0. The van der Waals surface area contributed by atoms with E-state index in [9.17, 15) is 4.39 Å². The molecule has 0 aliphatic carbocycles. The van der Waals surface area contributed by atoms with E-state index < -0.39 is 0 Å². The summed E-state index contributed by atoms with van der Waals surface area (Å²) in [6.07, 6.45) is 1.91. The molecule has 0 bridgehead atoms. The van der Waals surface area contributed by atoms with E-state index in [1.165, 1.54) is 6.07 Å². The lowest BCUT2D eigenvalue weighted by Gasteiger charge is -2.21. The highest BCUT2D eigenvalue weighted by atomic mass is 19.1. The molecule has 1 aromatic heterocycles. The second-order valence-corrected chi connectivity index (χ2v) is 3.27. The topological polar surface area (TPSA) is 22.1 Å². The maximum atomic E-state index is 12.8. The average molecular weight is 181 g/mol. The molecule has 0 N–H and O–H groups in total. The summed E-state index contributed by atoms with van der Waals surface area (Å²) in [4.78, 5) is 3.87. The molecule has 1 aliphatic rings. The van der Waals surface area contributed by atoms with Crippen LogP contribution in [0.1, 0.15) is 24.5 Å². The van der Waals surface area contributed by atoms with Crippen molar-refractivity contribution in [1.29, 1.82) is 0 Å². The van der Waals surface area contributed by atoms with Crippen molar-refractivity contribution < 1.29 is 9.13 Å². The first-order valence-corrected chi connectivity index (χ1v) is 4.56. The van der Waals surface area contributed by atoms with Crippen LogP contribution in [0.5, 0.6) is 0 Å². The van der Waals surface area contributed by atoms with E-state index in [-0.39, 0.29) is 5.95 Å². The van der Waals surface area contributed by atoms with Crippen LogP contribution < -0.4 is 0 Å². The fourth-order valence-electron chi connectivity index (χ4n) is 1.64. The number of rotatable bonds is 1. The Morgan fingerprint density at radius 1 is 1.31 bits per heavy atom. The van der Waals surface area contributed by atoms with Gasteiger partial charge in [-0.05, 0) is 25.0 Å². The Morgan fingerprint density at radius 2 is 2.08 bits per heavy atom. The molecule has 3 heteroatoms. The van der Waals surface area contributed by atoms with E-state index in [0.29, 0.717) is 5.92 Å². The molecule has 1 aromatic rings. The van der Waals surface area contributed by atoms with Crippen molar-refractivity contribution in [3.8, 4) is 0 Å². The third kappa shape index (κ3) is 2.04. The number of nitrogens with zero attached hydrogens (tertiary/aromatic N) is 1. The number of halogens is 1. The van der Waals surface area contributed by atoms with Gasteiger partial charge >= 0.3 is 0 Å². The molecular weight excluding hydrogens is 169 g/mol. The van der Waals surface area contributed by atoms with Crippen LogP contribution in [0.2, 0.25) is 0 Å². The monoisotopic (exact) mass is 181 g/mol. The molecule has 70 valence electrons. The number of hydrogen-bond acceptors (Lipinski definition) is 2. The Morgan fingerprint density at radius 3 is 2.77 bits per heavy atom. The molecule has 0 radical (unpaired) electrons. The first-order chi connectivity index (χ1) is 6.36. The van der Waals surface area contributed by atoms with Crippen molar-refractivity contribution in [2.45, 2.75) is 18.8 Å². The third-order valence-electron chi connectivity index (χ3n) is 2.38. The number of hydrogen-bond donors (Lipinski definition) is 0. The predicted octanol–water partition coefficient (Wildman–Crippen LogP) is 2.11. The highest BCUT2D eigenvalue weighted by molar-refractivity contribution is 5.10. The predicted molar refractivity (Wildman–Crippen MR) is 47.0 cm³/mol. The van der Waals surface area contributed by atoms with Crippen LogP contribution in [0.4, 0.5) is 4.39 Å². The lowest BCUT2D eigenvalue weighted by molar-refractivity contribution is 0.0843. The van der Waals surface area contributed by atoms with Crippen LogP contribution in [-0.4, -0.2) is 18.2 Å². The smallest absolute Gasteiger partial charge is 0.213 e. The van der Waals surface area contributed by atoms with Crippen LogP contribution in [0.15, 0.2) is 18.2 Å². The molecule has 1 saturated heterocycles. The summed E-state index contributed by atoms with van der Waals surface area (Å²) in [6.45, 7) is 1.53. The van der Waals surface area contributed by atoms with Gasteiger partial charge in [-0.2, -0.15) is 4.39 Å². The maximum absolute atomic E-state index is 12.8. The lowest BCUT2D eigenvalue weighted by Crippen LogP contribution is -2.15. The largest absolute Gasteiger partial charge is 0.381 e. The molecule has 2 nitrogen and oxygen atoms in total. The van der Waals surface area contributed by atoms with Crippen LogP contribution in [0.3, 0.4) is 0 Å². The van der Waals surface area contributed by atoms with Crippen molar-refractivity contribution in [2.24, 2.45) is 0 Å². The summed E-state index contributed by atoms with van der Waals surface area (Å²) in [6, 6.07) is 4.98. The van der Waals surface area contributed by atoms with Crippen molar-refractivity contribution in [3.05, 3.63) is 29.8 Å². The molecule has 0 unspecified atom stereocenters. The van der Waals surface area contributed by atoms with Gasteiger partial charge in [0.1, 0.15) is 0 Å². The zero-order chi connectivity index (χ0) is 9.10. The SMILES string of the molecule is Fc1cccc(C2CCOCC2)n1. The summed E-state index contributed by atoms with van der Waals surface area (Å²) >= 11 is 0. The van der Waals surface area contributed by atoms with E-state index in [4.69, 9.17) is 4.74 Å². The minimum Gasteiger partial charge on any atom is -0.381 e. The van der Waals surface area contributed by atoms with Crippen LogP contribution in [-0.2, 0) is 4.74 Å². The Kier molecular flexibility index (Phi) is 2.54.